The maximum Gasteiger partial charge on any atom is 0.257 e. The van der Waals surface area contributed by atoms with Crippen LogP contribution < -0.4 is 10.2 Å². The van der Waals surface area contributed by atoms with Gasteiger partial charge in [-0.1, -0.05) is 23.7 Å². The minimum absolute atomic E-state index is 0.0717. The lowest BCUT2D eigenvalue weighted by atomic mass is 10.1. The Hall–Kier alpha value is -2.99. The molecule has 2 heterocycles. The van der Waals surface area contributed by atoms with Gasteiger partial charge in [0.2, 0.25) is 0 Å². The summed E-state index contributed by atoms with van der Waals surface area (Å²) >= 11 is 5.94. The van der Waals surface area contributed by atoms with Gasteiger partial charge in [0.25, 0.3) is 5.91 Å². The molecule has 28 heavy (non-hydrogen) atoms. The fourth-order valence-corrected chi connectivity index (χ4v) is 3.44. The van der Waals surface area contributed by atoms with Gasteiger partial charge in [-0.05, 0) is 55.3 Å². The quantitative estimate of drug-likeness (QED) is 0.689. The smallest absolute Gasteiger partial charge is 0.257 e. The van der Waals surface area contributed by atoms with E-state index in [9.17, 15) is 9.18 Å². The normalized spacial score (nSPS) is 13.6. The number of nitrogens with one attached hydrogen (secondary N) is 1. The first kappa shape index (κ1) is 18.4. The highest BCUT2D eigenvalue weighted by atomic mass is 35.5. The number of rotatable bonds is 4. The van der Waals surface area contributed by atoms with Gasteiger partial charge in [0.15, 0.2) is 5.82 Å². The summed E-state index contributed by atoms with van der Waals surface area (Å²) in [5.41, 5.74) is 2.49. The van der Waals surface area contributed by atoms with Crippen molar-refractivity contribution >= 4 is 29.0 Å². The van der Waals surface area contributed by atoms with Crippen molar-refractivity contribution in [2.45, 2.75) is 12.8 Å². The van der Waals surface area contributed by atoms with Crippen LogP contribution in [-0.2, 0) is 0 Å². The molecular formula is C21H18ClFN4O. The van der Waals surface area contributed by atoms with Gasteiger partial charge in [0, 0.05) is 24.3 Å². The van der Waals surface area contributed by atoms with Crippen LogP contribution in [0.3, 0.4) is 0 Å². The number of halogens is 2. The average molecular weight is 397 g/mol. The summed E-state index contributed by atoms with van der Waals surface area (Å²) in [6, 6.07) is 14.9. The van der Waals surface area contributed by atoms with E-state index in [4.69, 9.17) is 11.6 Å². The minimum atomic E-state index is -0.484. The molecule has 0 spiro atoms. The highest BCUT2D eigenvalue weighted by Gasteiger charge is 2.14. The number of nitrogens with zero attached hydrogens (tertiary/aromatic N) is 3. The molecule has 4 rings (SSSR count). The molecule has 5 nitrogen and oxygen atoms in total. The SMILES string of the molecule is O=C(Nc1ccc(-c2ccc(N3CCCC3)nn2)cc1)c1ccc(F)cc1Cl. The largest absolute Gasteiger partial charge is 0.355 e. The average Bonchev–Trinajstić information content (AvgIpc) is 3.23. The summed E-state index contributed by atoms with van der Waals surface area (Å²) in [5, 5.41) is 11.5. The van der Waals surface area contributed by atoms with E-state index in [1.54, 1.807) is 12.1 Å². The van der Waals surface area contributed by atoms with Gasteiger partial charge in [-0.2, -0.15) is 0 Å². The first-order chi connectivity index (χ1) is 13.6. The number of hydrogen-bond donors (Lipinski definition) is 1. The van der Waals surface area contributed by atoms with Crippen molar-refractivity contribution in [3.05, 3.63) is 71.0 Å². The van der Waals surface area contributed by atoms with Crippen LogP contribution in [-0.4, -0.2) is 29.2 Å². The molecule has 1 N–H and O–H groups in total. The fourth-order valence-electron chi connectivity index (χ4n) is 3.19. The molecule has 1 saturated heterocycles. The molecule has 0 bridgehead atoms. The molecule has 0 aliphatic carbocycles. The van der Waals surface area contributed by atoms with Crippen molar-refractivity contribution in [1.82, 2.24) is 10.2 Å². The van der Waals surface area contributed by atoms with E-state index in [0.717, 1.165) is 36.2 Å². The van der Waals surface area contributed by atoms with E-state index in [1.807, 2.05) is 24.3 Å². The lowest BCUT2D eigenvalue weighted by Gasteiger charge is -2.15. The molecule has 1 fully saturated rings. The molecule has 0 unspecified atom stereocenters. The van der Waals surface area contributed by atoms with Gasteiger partial charge in [-0.25, -0.2) is 4.39 Å². The van der Waals surface area contributed by atoms with Gasteiger partial charge in [0.1, 0.15) is 5.82 Å². The standard InChI is InChI=1S/C21H18ClFN4O/c22-18-13-15(23)5-8-17(18)21(28)24-16-6-3-14(4-7-16)19-9-10-20(26-25-19)27-11-1-2-12-27/h3-10,13H,1-2,11-12H2,(H,24,28). The molecule has 0 atom stereocenters. The molecule has 7 heteroatoms. The summed E-state index contributed by atoms with van der Waals surface area (Å²) in [6.45, 7) is 2.06. The summed E-state index contributed by atoms with van der Waals surface area (Å²) in [5.74, 6) is 0.0246. The second kappa shape index (κ2) is 7.94. The highest BCUT2D eigenvalue weighted by Crippen LogP contribution is 2.23. The van der Waals surface area contributed by atoms with Crippen LogP contribution in [0.5, 0.6) is 0 Å². The van der Waals surface area contributed by atoms with Gasteiger partial charge >= 0.3 is 0 Å². The Balaban J connectivity index is 1.45. The van der Waals surface area contributed by atoms with Crippen molar-refractivity contribution < 1.29 is 9.18 Å². The number of amides is 1. The second-order valence-electron chi connectivity index (χ2n) is 6.63. The van der Waals surface area contributed by atoms with Crippen LogP contribution in [0.4, 0.5) is 15.9 Å². The number of carbonyl (C=O) groups is 1. The number of anilines is 2. The first-order valence-electron chi connectivity index (χ1n) is 9.06. The Morgan fingerprint density at radius 2 is 1.75 bits per heavy atom. The number of carbonyl (C=O) groups excluding carboxylic acids is 1. The number of aromatic nitrogens is 2. The monoisotopic (exact) mass is 396 g/mol. The third-order valence-electron chi connectivity index (χ3n) is 4.69. The van der Waals surface area contributed by atoms with Crippen molar-refractivity contribution in [1.29, 1.82) is 0 Å². The molecule has 0 saturated carbocycles. The van der Waals surface area contributed by atoms with Crippen molar-refractivity contribution in [3.63, 3.8) is 0 Å². The van der Waals surface area contributed by atoms with Gasteiger partial charge < -0.3 is 10.2 Å². The maximum absolute atomic E-state index is 13.1. The topological polar surface area (TPSA) is 58.1 Å². The summed E-state index contributed by atoms with van der Waals surface area (Å²) in [6.07, 6.45) is 2.39. The van der Waals surface area contributed by atoms with Crippen molar-refractivity contribution in [3.8, 4) is 11.3 Å². The van der Waals surface area contributed by atoms with Crippen LogP contribution >= 0.6 is 11.6 Å². The molecule has 2 aromatic carbocycles. The maximum atomic E-state index is 13.1. The van der Waals surface area contributed by atoms with Crippen LogP contribution in [0.1, 0.15) is 23.2 Å². The van der Waals surface area contributed by atoms with Crippen LogP contribution in [0.25, 0.3) is 11.3 Å². The zero-order chi connectivity index (χ0) is 19.5. The predicted octanol–water partition coefficient (Wildman–Crippen LogP) is 4.79. The van der Waals surface area contributed by atoms with Gasteiger partial charge in [-0.3, -0.25) is 4.79 Å². The third-order valence-corrected chi connectivity index (χ3v) is 5.01. The van der Waals surface area contributed by atoms with E-state index in [0.29, 0.717) is 5.69 Å². The highest BCUT2D eigenvalue weighted by molar-refractivity contribution is 6.34. The van der Waals surface area contributed by atoms with Gasteiger partial charge in [-0.15, -0.1) is 10.2 Å². The Labute approximate surface area is 167 Å². The second-order valence-corrected chi connectivity index (χ2v) is 7.03. The number of hydrogen-bond acceptors (Lipinski definition) is 4. The van der Waals surface area contributed by atoms with Crippen LogP contribution in [0.2, 0.25) is 5.02 Å². The van der Waals surface area contributed by atoms with Crippen molar-refractivity contribution in [2.75, 3.05) is 23.3 Å². The van der Waals surface area contributed by atoms with E-state index in [2.05, 4.69) is 20.4 Å². The molecule has 3 aromatic rings. The van der Waals surface area contributed by atoms with Crippen LogP contribution in [0.15, 0.2) is 54.6 Å². The Bertz CT molecular complexity index is 986. The minimum Gasteiger partial charge on any atom is -0.355 e. The zero-order valence-electron chi connectivity index (χ0n) is 15.0. The summed E-state index contributed by atoms with van der Waals surface area (Å²) in [7, 11) is 0. The molecular weight excluding hydrogens is 379 g/mol. The van der Waals surface area contributed by atoms with E-state index < -0.39 is 11.7 Å². The van der Waals surface area contributed by atoms with E-state index >= 15 is 0 Å². The molecule has 1 aliphatic rings. The first-order valence-corrected chi connectivity index (χ1v) is 9.43. The molecule has 1 aromatic heterocycles. The molecule has 1 amide bonds. The Morgan fingerprint density at radius 1 is 1.00 bits per heavy atom. The fraction of sp³-hybridized carbons (Fsp3) is 0.190. The Morgan fingerprint density at radius 3 is 2.39 bits per heavy atom. The molecule has 142 valence electrons. The van der Waals surface area contributed by atoms with Crippen molar-refractivity contribution in [2.24, 2.45) is 0 Å². The van der Waals surface area contributed by atoms with Gasteiger partial charge in [0.05, 0.1) is 16.3 Å². The lowest BCUT2D eigenvalue weighted by Crippen LogP contribution is -2.19. The predicted molar refractivity (Wildman–Crippen MR) is 108 cm³/mol. The number of benzene rings is 2. The third kappa shape index (κ3) is 3.97. The molecule has 0 radical (unpaired) electrons. The van der Waals surface area contributed by atoms with Crippen LogP contribution in [0, 0.1) is 5.82 Å². The summed E-state index contributed by atoms with van der Waals surface area (Å²) in [4.78, 5) is 14.6. The van der Waals surface area contributed by atoms with E-state index in [-0.39, 0.29) is 10.6 Å². The Kier molecular flexibility index (Phi) is 5.21. The summed E-state index contributed by atoms with van der Waals surface area (Å²) < 4.78 is 13.1. The zero-order valence-corrected chi connectivity index (χ0v) is 15.8. The lowest BCUT2D eigenvalue weighted by molar-refractivity contribution is 0.102. The van der Waals surface area contributed by atoms with E-state index in [1.165, 1.54) is 25.0 Å². The molecule has 1 aliphatic heterocycles.